The average Bonchev–Trinajstić information content (AvgIpc) is 2.96. The molecule has 0 aliphatic carbocycles. The normalized spacial score (nSPS) is 15.1. The van der Waals surface area contributed by atoms with Crippen LogP contribution >= 0.6 is 0 Å². The van der Waals surface area contributed by atoms with Crippen molar-refractivity contribution < 1.29 is 33.8 Å². The standard InChI is InChI=1S/C30H33N3O8/c1-3-40-29(39)30(28(37)38,31-20(2)34)16-19-41-24-11-8-22(9-12-24)27(36)32-17-14-23(15-18-32)33-25-7-5-4-6-21(25)10-13-26(33)35/h4-13,23H,3,14-19H2,1-2H3,(H,31,34)(H,37,38). The second-order valence-electron chi connectivity index (χ2n) is 9.86. The van der Waals surface area contributed by atoms with E-state index in [0.29, 0.717) is 37.2 Å². The number of piperidine rings is 1. The van der Waals surface area contributed by atoms with Gasteiger partial charge in [-0.25, -0.2) is 9.59 Å². The van der Waals surface area contributed by atoms with Gasteiger partial charge in [0, 0.05) is 44.1 Å². The first-order valence-electron chi connectivity index (χ1n) is 13.5. The summed E-state index contributed by atoms with van der Waals surface area (Å²) >= 11 is 0. The zero-order valence-electron chi connectivity index (χ0n) is 23.0. The van der Waals surface area contributed by atoms with E-state index in [9.17, 15) is 29.1 Å². The molecule has 11 nitrogen and oxygen atoms in total. The minimum atomic E-state index is -2.28. The highest BCUT2D eigenvalue weighted by molar-refractivity contribution is 6.06. The van der Waals surface area contributed by atoms with Crippen molar-refractivity contribution in [2.75, 3.05) is 26.3 Å². The molecule has 2 heterocycles. The first-order chi connectivity index (χ1) is 19.7. The van der Waals surface area contributed by atoms with E-state index in [2.05, 4.69) is 5.32 Å². The highest BCUT2D eigenvalue weighted by Crippen LogP contribution is 2.26. The lowest BCUT2D eigenvalue weighted by Crippen LogP contribution is -2.61. The van der Waals surface area contributed by atoms with E-state index in [1.54, 1.807) is 35.2 Å². The van der Waals surface area contributed by atoms with Crippen LogP contribution in [0.4, 0.5) is 0 Å². The van der Waals surface area contributed by atoms with Gasteiger partial charge in [0.25, 0.3) is 11.5 Å². The van der Waals surface area contributed by atoms with Crippen molar-refractivity contribution in [3.8, 4) is 5.75 Å². The molecule has 1 atom stereocenters. The second kappa shape index (κ2) is 12.7. The van der Waals surface area contributed by atoms with Gasteiger partial charge in [-0.2, -0.15) is 0 Å². The Hall–Kier alpha value is -4.67. The zero-order chi connectivity index (χ0) is 29.6. The maximum Gasteiger partial charge on any atom is 0.343 e. The summed E-state index contributed by atoms with van der Waals surface area (Å²) in [7, 11) is 0. The lowest BCUT2D eigenvalue weighted by molar-refractivity contribution is -0.165. The van der Waals surface area contributed by atoms with Crippen molar-refractivity contribution in [3.63, 3.8) is 0 Å². The number of nitrogens with one attached hydrogen (secondary N) is 1. The van der Waals surface area contributed by atoms with Crippen molar-refractivity contribution >= 4 is 34.7 Å². The third-order valence-electron chi connectivity index (χ3n) is 7.18. The molecule has 1 saturated heterocycles. The topological polar surface area (TPSA) is 144 Å². The van der Waals surface area contributed by atoms with Crippen LogP contribution in [0.1, 0.15) is 49.5 Å². The first-order valence-corrected chi connectivity index (χ1v) is 13.5. The minimum Gasteiger partial charge on any atom is -0.493 e. The number of carbonyl (C=O) groups excluding carboxylic acids is 3. The number of carboxylic acids is 1. The third-order valence-corrected chi connectivity index (χ3v) is 7.18. The summed E-state index contributed by atoms with van der Waals surface area (Å²) in [5.74, 6) is -3.11. The molecule has 216 valence electrons. The summed E-state index contributed by atoms with van der Waals surface area (Å²) in [6.45, 7) is 3.39. The number of carbonyl (C=O) groups is 4. The van der Waals surface area contributed by atoms with Gasteiger partial charge in [0.05, 0.1) is 18.7 Å². The molecule has 3 aromatic rings. The highest BCUT2D eigenvalue weighted by Gasteiger charge is 2.48. The summed E-state index contributed by atoms with van der Waals surface area (Å²) in [6.07, 6.45) is 0.943. The highest BCUT2D eigenvalue weighted by atomic mass is 16.5. The van der Waals surface area contributed by atoms with Gasteiger partial charge in [0.2, 0.25) is 11.4 Å². The zero-order valence-corrected chi connectivity index (χ0v) is 23.0. The Balaban J connectivity index is 1.36. The van der Waals surface area contributed by atoms with E-state index >= 15 is 0 Å². The minimum absolute atomic E-state index is 0.00144. The molecule has 2 amide bonds. The van der Waals surface area contributed by atoms with Crippen LogP contribution in [0.2, 0.25) is 0 Å². The van der Waals surface area contributed by atoms with Gasteiger partial charge in [-0.1, -0.05) is 18.2 Å². The summed E-state index contributed by atoms with van der Waals surface area (Å²) in [5, 5.41) is 12.9. The number of aliphatic carboxylic acids is 1. The number of hydrogen-bond acceptors (Lipinski definition) is 7. The Morgan fingerprint density at radius 1 is 1.00 bits per heavy atom. The van der Waals surface area contributed by atoms with Gasteiger partial charge >= 0.3 is 11.9 Å². The SMILES string of the molecule is CCOC(=O)C(CCOc1ccc(C(=O)N2CCC(n3c(=O)ccc4ccccc43)CC2)cc1)(NC(C)=O)C(=O)O. The largest absolute Gasteiger partial charge is 0.493 e. The maximum absolute atomic E-state index is 13.2. The number of rotatable bonds is 10. The molecule has 1 unspecified atom stereocenters. The van der Waals surface area contributed by atoms with Crippen LogP contribution in [0.3, 0.4) is 0 Å². The van der Waals surface area contributed by atoms with E-state index in [-0.39, 0.29) is 37.1 Å². The number of ether oxygens (including phenoxy) is 2. The van der Waals surface area contributed by atoms with E-state index < -0.39 is 23.4 Å². The Labute approximate surface area is 236 Å². The number of carboxylic acid groups (broad SMARTS) is 1. The summed E-state index contributed by atoms with van der Waals surface area (Å²) in [4.78, 5) is 63.5. The van der Waals surface area contributed by atoms with Gasteiger partial charge in [-0.05, 0) is 61.5 Å². The summed E-state index contributed by atoms with van der Waals surface area (Å²) in [6, 6.07) is 17.6. The summed E-state index contributed by atoms with van der Waals surface area (Å²) in [5.41, 5.74) is -0.979. The van der Waals surface area contributed by atoms with Crippen LogP contribution in [0.5, 0.6) is 5.75 Å². The summed E-state index contributed by atoms with van der Waals surface area (Å²) < 4.78 is 12.3. The lowest BCUT2D eigenvalue weighted by atomic mass is 9.95. The molecule has 0 saturated carbocycles. The number of hydrogen-bond donors (Lipinski definition) is 2. The molecule has 41 heavy (non-hydrogen) atoms. The van der Waals surface area contributed by atoms with Gasteiger partial charge in [-0.15, -0.1) is 0 Å². The van der Waals surface area contributed by atoms with Crippen molar-refractivity contribution in [3.05, 3.63) is 76.6 Å². The number of esters is 1. The van der Waals surface area contributed by atoms with Crippen molar-refractivity contribution in [1.82, 2.24) is 14.8 Å². The molecule has 2 N–H and O–H groups in total. The Bertz CT molecular complexity index is 1490. The number of pyridine rings is 1. The molecule has 1 aliphatic heterocycles. The molecule has 0 radical (unpaired) electrons. The predicted molar refractivity (Wildman–Crippen MR) is 150 cm³/mol. The van der Waals surface area contributed by atoms with Gasteiger partial charge in [0.1, 0.15) is 5.75 Å². The van der Waals surface area contributed by atoms with Crippen LogP contribution in [0, 0.1) is 0 Å². The second-order valence-corrected chi connectivity index (χ2v) is 9.86. The molecular formula is C30H33N3O8. The molecule has 1 aromatic heterocycles. The number of nitrogens with zero attached hydrogens (tertiary/aromatic N) is 2. The fourth-order valence-corrected chi connectivity index (χ4v) is 5.13. The maximum atomic E-state index is 13.2. The molecular weight excluding hydrogens is 530 g/mol. The van der Waals surface area contributed by atoms with E-state index in [1.165, 1.54) is 6.92 Å². The van der Waals surface area contributed by atoms with Crippen LogP contribution in [-0.2, 0) is 19.1 Å². The average molecular weight is 564 g/mol. The Morgan fingerprint density at radius 2 is 1.68 bits per heavy atom. The number of likely N-dealkylation sites (tertiary alicyclic amines) is 1. The van der Waals surface area contributed by atoms with Crippen LogP contribution in [-0.4, -0.2) is 70.2 Å². The van der Waals surface area contributed by atoms with Gasteiger partial charge in [-0.3, -0.25) is 14.4 Å². The van der Waals surface area contributed by atoms with E-state index in [0.717, 1.165) is 17.8 Å². The van der Waals surface area contributed by atoms with Gasteiger partial charge in [0.15, 0.2) is 0 Å². The predicted octanol–water partition coefficient (Wildman–Crippen LogP) is 2.77. The van der Waals surface area contributed by atoms with Crippen molar-refractivity contribution in [1.29, 1.82) is 0 Å². The Morgan fingerprint density at radius 3 is 2.32 bits per heavy atom. The van der Waals surface area contributed by atoms with Crippen LogP contribution < -0.4 is 15.6 Å². The van der Waals surface area contributed by atoms with Crippen LogP contribution in [0.25, 0.3) is 10.9 Å². The van der Waals surface area contributed by atoms with E-state index in [4.69, 9.17) is 9.47 Å². The molecule has 1 fully saturated rings. The first kappa shape index (κ1) is 29.3. The number of amides is 2. The molecule has 11 heteroatoms. The number of fused-ring (bicyclic) bond motifs is 1. The molecule has 1 aliphatic rings. The van der Waals surface area contributed by atoms with Crippen molar-refractivity contribution in [2.24, 2.45) is 0 Å². The molecule has 0 spiro atoms. The third kappa shape index (κ3) is 6.40. The van der Waals surface area contributed by atoms with E-state index in [1.807, 2.05) is 34.9 Å². The van der Waals surface area contributed by atoms with Crippen LogP contribution in [0.15, 0.2) is 65.5 Å². The Kier molecular flexibility index (Phi) is 9.06. The number of aromatic nitrogens is 1. The fourth-order valence-electron chi connectivity index (χ4n) is 5.13. The van der Waals surface area contributed by atoms with Crippen molar-refractivity contribution in [2.45, 2.75) is 44.7 Å². The molecule has 0 bridgehead atoms. The monoisotopic (exact) mass is 563 g/mol. The fraction of sp³-hybridized carbons (Fsp3) is 0.367. The smallest absolute Gasteiger partial charge is 0.343 e. The lowest BCUT2D eigenvalue weighted by Gasteiger charge is -2.33. The van der Waals surface area contributed by atoms with Gasteiger partial charge < -0.3 is 29.4 Å². The molecule has 2 aromatic carbocycles. The quantitative estimate of drug-likeness (QED) is 0.283. The number of benzene rings is 2. The molecule has 4 rings (SSSR count). The number of para-hydroxylation sites is 1.